The fourth-order valence-corrected chi connectivity index (χ4v) is 3.15. The van der Waals surface area contributed by atoms with Gasteiger partial charge in [-0.15, -0.1) is 0 Å². The summed E-state index contributed by atoms with van der Waals surface area (Å²) in [6, 6.07) is 7.20. The van der Waals surface area contributed by atoms with E-state index in [9.17, 15) is 9.59 Å². The molecule has 7 heteroatoms. The minimum atomic E-state index is -0.268. The van der Waals surface area contributed by atoms with Crippen molar-refractivity contribution in [3.8, 4) is 22.9 Å². The van der Waals surface area contributed by atoms with E-state index in [2.05, 4.69) is 13.8 Å². The molecule has 0 aliphatic carbocycles. The number of carbonyl (C=O) groups is 2. The van der Waals surface area contributed by atoms with Crippen LogP contribution in [0, 0.1) is 0 Å². The molecule has 2 aromatic rings. The molecule has 0 atom stereocenters. The van der Waals surface area contributed by atoms with Crippen LogP contribution in [0.3, 0.4) is 0 Å². The molecule has 0 fully saturated rings. The van der Waals surface area contributed by atoms with Gasteiger partial charge in [0.1, 0.15) is 11.4 Å². The second-order valence-electron chi connectivity index (χ2n) is 7.55. The molecule has 7 nitrogen and oxygen atoms in total. The maximum Gasteiger partial charge on any atom is 0.274 e. The average molecular weight is 431 g/mol. The molecule has 31 heavy (non-hydrogen) atoms. The minimum Gasteiger partial charge on any atom is -0.497 e. The van der Waals surface area contributed by atoms with E-state index in [1.165, 1.54) is 11.8 Å². The topological polar surface area (TPSA) is 70.0 Å². The summed E-state index contributed by atoms with van der Waals surface area (Å²) in [5.41, 5.74) is 1.24. The van der Waals surface area contributed by atoms with E-state index in [-0.39, 0.29) is 17.4 Å². The Morgan fingerprint density at radius 1 is 0.903 bits per heavy atom. The smallest absolute Gasteiger partial charge is 0.274 e. The summed E-state index contributed by atoms with van der Waals surface area (Å²) in [7, 11) is 4.94. The Bertz CT molecular complexity index is 884. The molecule has 0 spiro atoms. The van der Waals surface area contributed by atoms with Crippen LogP contribution in [0.5, 0.6) is 17.2 Å². The van der Waals surface area contributed by atoms with Gasteiger partial charge in [0.25, 0.3) is 5.91 Å². The van der Waals surface area contributed by atoms with Crippen molar-refractivity contribution in [3.05, 3.63) is 35.7 Å². The molecule has 0 saturated heterocycles. The van der Waals surface area contributed by atoms with Gasteiger partial charge in [0.05, 0.1) is 20.3 Å². The normalized spacial score (nSPS) is 10.6. The third-order valence-electron chi connectivity index (χ3n) is 4.85. The first-order valence-electron chi connectivity index (χ1n) is 10.8. The summed E-state index contributed by atoms with van der Waals surface area (Å²) in [5.74, 6) is 0.859. The number of aromatic nitrogens is 1. The molecule has 0 saturated carbocycles. The van der Waals surface area contributed by atoms with E-state index >= 15 is 0 Å². The summed E-state index contributed by atoms with van der Waals surface area (Å²) in [6.45, 7) is 6.47. The first kappa shape index (κ1) is 24.3. The zero-order valence-electron chi connectivity index (χ0n) is 19.5. The number of hydrogen-bond acceptors (Lipinski definition) is 5. The van der Waals surface area contributed by atoms with E-state index in [0.717, 1.165) is 25.7 Å². The Morgan fingerprint density at radius 2 is 1.42 bits per heavy atom. The number of nitrogens with zero attached hydrogens (tertiary/aromatic N) is 2. The van der Waals surface area contributed by atoms with Gasteiger partial charge >= 0.3 is 0 Å². The zero-order valence-corrected chi connectivity index (χ0v) is 19.5. The van der Waals surface area contributed by atoms with Crippen molar-refractivity contribution in [1.82, 2.24) is 9.47 Å². The lowest BCUT2D eigenvalue weighted by atomic mass is 10.2. The highest BCUT2D eigenvalue weighted by Gasteiger charge is 2.33. The van der Waals surface area contributed by atoms with Crippen LogP contribution in [-0.4, -0.2) is 55.6 Å². The molecule has 0 aliphatic heterocycles. The van der Waals surface area contributed by atoms with Gasteiger partial charge in [-0.1, -0.05) is 26.7 Å². The zero-order chi connectivity index (χ0) is 23.0. The van der Waals surface area contributed by atoms with Crippen LogP contribution in [0.15, 0.2) is 24.3 Å². The van der Waals surface area contributed by atoms with Crippen molar-refractivity contribution >= 4 is 11.7 Å². The van der Waals surface area contributed by atoms with Crippen molar-refractivity contribution < 1.29 is 23.8 Å². The summed E-state index contributed by atoms with van der Waals surface area (Å²) >= 11 is 0. The number of ketones is 1. The fourth-order valence-electron chi connectivity index (χ4n) is 3.15. The van der Waals surface area contributed by atoms with E-state index in [4.69, 9.17) is 14.2 Å². The highest BCUT2D eigenvalue weighted by molar-refractivity contribution is 6.04. The summed E-state index contributed by atoms with van der Waals surface area (Å²) in [6.07, 6.45) is 3.55. The molecule has 1 aromatic heterocycles. The van der Waals surface area contributed by atoms with Gasteiger partial charge in [0.15, 0.2) is 23.0 Å². The predicted molar refractivity (Wildman–Crippen MR) is 121 cm³/mol. The van der Waals surface area contributed by atoms with Gasteiger partial charge in [-0.25, -0.2) is 0 Å². The Hall–Kier alpha value is -2.96. The third-order valence-corrected chi connectivity index (χ3v) is 4.85. The molecule has 1 heterocycles. The highest BCUT2D eigenvalue weighted by atomic mass is 16.5. The quantitative estimate of drug-likeness (QED) is 0.359. The third kappa shape index (κ3) is 5.60. The fraction of sp³-hybridized carbons (Fsp3) is 0.500. The van der Waals surface area contributed by atoms with Gasteiger partial charge in [-0.05, 0) is 37.1 Å². The number of ether oxygens (including phenoxy) is 3. The highest BCUT2D eigenvalue weighted by Crippen LogP contribution is 2.41. The average Bonchev–Trinajstić information content (AvgIpc) is 3.07. The van der Waals surface area contributed by atoms with Crippen molar-refractivity contribution in [2.45, 2.75) is 46.5 Å². The van der Waals surface area contributed by atoms with Crippen molar-refractivity contribution in [2.24, 2.45) is 0 Å². The van der Waals surface area contributed by atoms with Gasteiger partial charge in [-0.2, -0.15) is 0 Å². The van der Waals surface area contributed by atoms with Crippen molar-refractivity contribution in [1.29, 1.82) is 0 Å². The molecule has 0 N–H and O–H groups in total. The maximum atomic E-state index is 13.3. The van der Waals surface area contributed by atoms with Crippen LogP contribution >= 0.6 is 0 Å². The number of unbranched alkanes of at least 4 members (excludes halogenated alkanes) is 2. The first-order chi connectivity index (χ1) is 14.9. The molecule has 0 radical (unpaired) electrons. The number of carbonyl (C=O) groups excluding carboxylic acids is 2. The van der Waals surface area contributed by atoms with Gasteiger partial charge in [0.2, 0.25) is 0 Å². The van der Waals surface area contributed by atoms with Crippen LogP contribution < -0.4 is 14.2 Å². The summed E-state index contributed by atoms with van der Waals surface area (Å²) in [5, 5.41) is 0. The van der Waals surface area contributed by atoms with Crippen LogP contribution in [0.2, 0.25) is 0 Å². The number of Topliss-reactive ketones (excluding diaryl/α,β-unsaturated/α-hetero) is 1. The molecule has 0 unspecified atom stereocenters. The molecule has 170 valence electrons. The summed E-state index contributed by atoms with van der Waals surface area (Å²) < 4.78 is 19.0. The van der Waals surface area contributed by atoms with Crippen molar-refractivity contribution in [2.75, 3.05) is 34.4 Å². The Balaban J connectivity index is 2.79. The van der Waals surface area contributed by atoms with Crippen LogP contribution in [0.25, 0.3) is 5.69 Å². The molecule has 2 rings (SSSR count). The number of amides is 1. The van der Waals surface area contributed by atoms with Crippen LogP contribution in [0.4, 0.5) is 0 Å². The molecular weight excluding hydrogens is 396 g/mol. The predicted octanol–water partition coefficient (Wildman–Crippen LogP) is 4.75. The Labute approximate surface area is 184 Å². The minimum absolute atomic E-state index is 0.208. The lowest BCUT2D eigenvalue weighted by Crippen LogP contribution is -2.25. The van der Waals surface area contributed by atoms with Crippen molar-refractivity contribution in [3.63, 3.8) is 0 Å². The second-order valence-corrected chi connectivity index (χ2v) is 7.55. The molecular formula is C24H34N2O5. The first-order valence-corrected chi connectivity index (χ1v) is 10.8. The Morgan fingerprint density at radius 3 is 1.84 bits per heavy atom. The monoisotopic (exact) mass is 430 g/mol. The van der Waals surface area contributed by atoms with Gasteiger partial charge in [-0.3, -0.25) is 14.2 Å². The number of hydrogen-bond donors (Lipinski definition) is 0. The van der Waals surface area contributed by atoms with Gasteiger partial charge in [0, 0.05) is 26.7 Å². The lowest BCUT2D eigenvalue weighted by Gasteiger charge is -2.16. The Kier molecular flexibility index (Phi) is 8.97. The molecule has 1 aromatic carbocycles. The molecule has 0 bridgehead atoms. The van der Waals surface area contributed by atoms with E-state index in [0.29, 0.717) is 41.8 Å². The van der Waals surface area contributed by atoms with E-state index < -0.39 is 0 Å². The molecule has 0 aliphatic rings. The number of rotatable bonds is 12. The SMILES string of the molecule is CCCCOc1c(OCCCC)c(C(=O)N(C)C)n(-c2ccc(OC)cc2)c1C(C)=O. The largest absolute Gasteiger partial charge is 0.497 e. The van der Waals surface area contributed by atoms with Gasteiger partial charge < -0.3 is 19.1 Å². The van der Waals surface area contributed by atoms with E-state index in [1.54, 1.807) is 37.9 Å². The lowest BCUT2D eigenvalue weighted by molar-refractivity contribution is 0.0814. The number of benzene rings is 1. The number of methoxy groups -OCH3 is 1. The standard InChI is InChI=1S/C24H34N2O5/c1-7-9-15-30-22-20(17(3)27)26(18-11-13-19(29-6)14-12-18)21(24(28)25(4)5)23(22)31-16-10-8-2/h11-14H,7-10,15-16H2,1-6H3. The maximum absolute atomic E-state index is 13.3. The van der Waals surface area contributed by atoms with Crippen LogP contribution in [0.1, 0.15) is 67.4 Å². The second kappa shape index (κ2) is 11.4. The molecule has 1 amide bonds. The van der Waals surface area contributed by atoms with E-state index in [1.807, 2.05) is 12.1 Å². The summed E-state index contributed by atoms with van der Waals surface area (Å²) in [4.78, 5) is 27.5. The van der Waals surface area contributed by atoms with Crippen LogP contribution in [-0.2, 0) is 0 Å².